The minimum absolute atomic E-state index is 0.0757. The second-order valence-electron chi connectivity index (χ2n) is 13.9. The summed E-state index contributed by atoms with van der Waals surface area (Å²) in [6, 6.07) is 8.88. The van der Waals surface area contributed by atoms with Crippen molar-refractivity contribution in [3.05, 3.63) is 48.2 Å². The number of benzene rings is 1. The largest absolute Gasteiger partial charge is 0.469 e. The zero-order valence-corrected chi connectivity index (χ0v) is 23.7. The summed E-state index contributed by atoms with van der Waals surface area (Å²) in [5, 5.41) is 12.5. The molecule has 0 spiro atoms. The minimum atomic E-state index is -2.03. The molecule has 6 atom stereocenters. The molecule has 1 aromatic heterocycles. The van der Waals surface area contributed by atoms with E-state index in [2.05, 4.69) is 96.3 Å². The minimum Gasteiger partial charge on any atom is -0.469 e. The molecule has 3 nitrogen and oxygen atoms in total. The van der Waals surface area contributed by atoms with Crippen LogP contribution in [-0.2, 0) is 11.8 Å². The third-order valence-corrected chi connectivity index (χ3v) is 15.4. The fraction of sp³-hybridized carbons (Fsp3) is 0.667. The van der Waals surface area contributed by atoms with Crippen molar-refractivity contribution in [3.63, 3.8) is 0 Å². The normalized spacial score (nSPS) is 37.7. The van der Waals surface area contributed by atoms with Gasteiger partial charge in [0, 0.05) is 16.2 Å². The van der Waals surface area contributed by atoms with Crippen LogP contribution >= 0.6 is 0 Å². The fourth-order valence-corrected chi connectivity index (χ4v) is 8.94. The van der Waals surface area contributed by atoms with Gasteiger partial charge in [-0.1, -0.05) is 65.8 Å². The van der Waals surface area contributed by atoms with Gasteiger partial charge < -0.3 is 9.63 Å². The number of rotatable bonds is 3. The maximum absolute atomic E-state index is 11.0. The molecular weight excluding hydrogens is 434 g/mol. The number of aliphatic hydroxyl groups is 1. The molecule has 0 amide bonds. The molecule has 2 fully saturated rings. The van der Waals surface area contributed by atoms with Crippen LogP contribution in [0.5, 0.6) is 0 Å². The molecule has 0 bridgehead atoms. The van der Waals surface area contributed by atoms with E-state index in [0.29, 0.717) is 11.8 Å². The first-order valence-corrected chi connectivity index (χ1v) is 16.3. The van der Waals surface area contributed by atoms with Crippen molar-refractivity contribution < 1.29 is 9.63 Å². The highest BCUT2D eigenvalue weighted by Crippen LogP contribution is 2.68. The van der Waals surface area contributed by atoms with Crippen molar-refractivity contribution in [3.8, 4) is 0 Å². The number of fused-ring (bicyclic) bond motifs is 7. The molecule has 186 valence electrons. The maximum atomic E-state index is 11.0. The lowest BCUT2D eigenvalue weighted by atomic mass is 9.43. The monoisotopic (exact) mass is 479 g/mol. The Morgan fingerprint density at radius 2 is 1.76 bits per heavy atom. The van der Waals surface area contributed by atoms with Gasteiger partial charge >= 0.3 is 0 Å². The second-order valence-corrected chi connectivity index (χ2v) is 18.6. The summed E-state index contributed by atoms with van der Waals surface area (Å²) in [5.74, 6) is 1.01. The van der Waals surface area contributed by atoms with Gasteiger partial charge in [-0.15, -0.1) is 6.58 Å². The second kappa shape index (κ2) is 7.26. The van der Waals surface area contributed by atoms with E-state index < -0.39 is 8.32 Å². The van der Waals surface area contributed by atoms with Gasteiger partial charge in [0.05, 0.1) is 17.3 Å². The third-order valence-electron chi connectivity index (χ3n) is 11.2. The van der Waals surface area contributed by atoms with E-state index in [1.165, 1.54) is 22.2 Å². The van der Waals surface area contributed by atoms with Gasteiger partial charge in [-0.2, -0.15) is 0 Å². The molecular formula is C30H45NO2Si. The van der Waals surface area contributed by atoms with Crippen molar-refractivity contribution in [2.24, 2.45) is 22.7 Å². The molecule has 2 saturated carbocycles. The van der Waals surface area contributed by atoms with Crippen molar-refractivity contribution in [1.29, 1.82) is 0 Å². The van der Waals surface area contributed by atoms with E-state index in [-0.39, 0.29) is 27.4 Å². The summed E-state index contributed by atoms with van der Waals surface area (Å²) < 4.78 is 9.43. The van der Waals surface area contributed by atoms with Gasteiger partial charge in [-0.3, -0.25) is 0 Å². The van der Waals surface area contributed by atoms with E-state index in [9.17, 15) is 5.11 Å². The molecule has 1 heterocycles. The Morgan fingerprint density at radius 1 is 1.09 bits per heavy atom. The Kier molecular flexibility index (Phi) is 5.16. The van der Waals surface area contributed by atoms with Gasteiger partial charge in [0.25, 0.3) is 8.32 Å². The summed E-state index contributed by atoms with van der Waals surface area (Å²) in [4.78, 5) is 0. The summed E-state index contributed by atoms with van der Waals surface area (Å²) >= 11 is 0. The van der Waals surface area contributed by atoms with Crippen LogP contribution in [0.15, 0.2) is 36.9 Å². The van der Waals surface area contributed by atoms with Gasteiger partial charge in [-0.25, -0.2) is 4.73 Å². The molecule has 1 N–H and O–H groups in total. The van der Waals surface area contributed by atoms with Crippen LogP contribution < -0.4 is 4.53 Å². The number of para-hydroxylation sites is 1. The predicted octanol–water partition coefficient (Wildman–Crippen LogP) is 7.27. The molecule has 4 heteroatoms. The lowest BCUT2D eigenvalue weighted by molar-refractivity contribution is -0.139. The highest BCUT2D eigenvalue weighted by Gasteiger charge is 2.64. The smallest absolute Gasteiger partial charge is 0.284 e. The number of nitrogens with zero attached hydrogens (tertiary/aromatic N) is 1. The average Bonchev–Trinajstić information content (AvgIpc) is 3.24. The molecule has 3 aliphatic carbocycles. The van der Waals surface area contributed by atoms with Crippen LogP contribution in [0.2, 0.25) is 18.1 Å². The molecule has 0 saturated heterocycles. The van der Waals surface area contributed by atoms with E-state index in [1.54, 1.807) is 0 Å². The molecule has 0 unspecified atom stereocenters. The molecule has 1 aromatic carbocycles. The van der Waals surface area contributed by atoms with E-state index in [1.807, 2.05) is 0 Å². The van der Waals surface area contributed by atoms with E-state index in [0.717, 1.165) is 32.1 Å². The SMILES string of the molecule is C=C[C@]1(C)[C@@H](O)CC[C@]2(C)[C@H]3Cc4c(n(O[Si](C)(C)C(C)(C)C)c5ccccc45)[C@]3(C)CC[C@@H]12. The predicted molar refractivity (Wildman–Crippen MR) is 145 cm³/mol. The molecule has 34 heavy (non-hydrogen) atoms. The zero-order valence-electron chi connectivity index (χ0n) is 22.7. The lowest BCUT2D eigenvalue weighted by Gasteiger charge is -2.62. The maximum Gasteiger partial charge on any atom is 0.284 e. The highest BCUT2D eigenvalue weighted by atomic mass is 28.4. The Hall–Kier alpha value is -1.52. The Bertz CT molecular complexity index is 1140. The molecule has 5 rings (SSSR count). The third kappa shape index (κ3) is 2.97. The van der Waals surface area contributed by atoms with Crippen molar-refractivity contribution in [2.75, 3.05) is 0 Å². The molecule has 3 aliphatic rings. The van der Waals surface area contributed by atoms with Crippen LogP contribution in [0.4, 0.5) is 0 Å². The molecule has 0 aliphatic heterocycles. The highest BCUT2D eigenvalue weighted by molar-refractivity contribution is 6.74. The van der Waals surface area contributed by atoms with Crippen LogP contribution in [-0.4, -0.2) is 24.3 Å². The van der Waals surface area contributed by atoms with Crippen LogP contribution in [0.1, 0.15) is 78.5 Å². The van der Waals surface area contributed by atoms with Crippen LogP contribution in [0.3, 0.4) is 0 Å². The number of hydrogen-bond donors (Lipinski definition) is 1. The average molecular weight is 480 g/mol. The standard InChI is InChI=1S/C30H45NO2Si/c1-10-28(5)23-15-17-30(7)24(29(23,6)18-16-25(28)32)19-21-20-13-11-12-14-22(20)31(26(21)30)33-34(8,9)27(2,3)4/h10-14,23-25,32H,1,15-19H2,2-9H3/t23-,24+,25-,28-,29-,30+/m0/s1. The van der Waals surface area contributed by atoms with Crippen molar-refractivity contribution >= 4 is 19.2 Å². The quantitative estimate of drug-likeness (QED) is 0.371. The van der Waals surface area contributed by atoms with Crippen LogP contribution in [0.25, 0.3) is 10.9 Å². The Balaban J connectivity index is 1.67. The first-order chi connectivity index (χ1) is 15.7. The summed E-state index contributed by atoms with van der Waals surface area (Å²) in [6.07, 6.45) is 7.12. The lowest BCUT2D eigenvalue weighted by Crippen LogP contribution is -2.59. The first kappa shape index (κ1) is 24.2. The van der Waals surface area contributed by atoms with Crippen molar-refractivity contribution in [1.82, 2.24) is 4.73 Å². The van der Waals surface area contributed by atoms with Gasteiger partial charge in [-0.05, 0) is 79.1 Å². The topological polar surface area (TPSA) is 34.4 Å². The first-order valence-electron chi connectivity index (χ1n) is 13.3. The summed E-state index contributed by atoms with van der Waals surface area (Å²) in [5.41, 5.74) is 4.23. The van der Waals surface area contributed by atoms with Crippen molar-refractivity contribution in [2.45, 2.75) is 103 Å². The van der Waals surface area contributed by atoms with Gasteiger partial charge in [0.1, 0.15) is 0 Å². The fourth-order valence-electron chi connectivity index (χ4n) is 8.02. The summed E-state index contributed by atoms with van der Waals surface area (Å²) in [6.45, 7) is 23.2. The Morgan fingerprint density at radius 3 is 2.41 bits per heavy atom. The Labute approximate surface area is 207 Å². The summed E-state index contributed by atoms with van der Waals surface area (Å²) in [7, 11) is -2.03. The molecule has 0 radical (unpaired) electrons. The van der Waals surface area contributed by atoms with E-state index in [4.69, 9.17) is 4.53 Å². The van der Waals surface area contributed by atoms with E-state index >= 15 is 0 Å². The van der Waals surface area contributed by atoms with Gasteiger partial charge in [0.15, 0.2) is 0 Å². The van der Waals surface area contributed by atoms with Gasteiger partial charge in [0.2, 0.25) is 0 Å². The molecule has 2 aromatic rings. The van der Waals surface area contributed by atoms with Crippen LogP contribution in [0, 0.1) is 22.7 Å². The number of aromatic nitrogens is 1. The number of hydrogen-bond acceptors (Lipinski definition) is 2. The number of aliphatic hydroxyl groups excluding tert-OH is 1. The zero-order chi connectivity index (χ0) is 24.9.